The van der Waals surface area contributed by atoms with Crippen LogP contribution in [0.2, 0.25) is 15.1 Å². The first-order chi connectivity index (χ1) is 9.81. The van der Waals surface area contributed by atoms with Gasteiger partial charge in [-0.05, 0) is 12.1 Å². The standard InChI is InChI=1S/C13H6Cl3F2NO2/c14-5-1-2-6(15)12(16)11(5)13-8(18)3-7(17)9(19-13)4-10(20)21/h1-3H,4H2,(H,20,21). The van der Waals surface area contributed by atoms with Crippen LogP contribution in [-0.2, 0) is 11.2 Å². The smallest absolute Gasteiger partial charge is 0.309 e. The second kappa shape index (κ2) is 6.13. The molecule has 3 nitrogen and oxygen atoms in total. The van der Waals surface area contributed by atoms with E-state index < -0.39 is 29.7 Å². The summed E-state index contributed by atoms with van der Waals surface area (Å²) in [4.78, 5) is 14.4. The van der Waals surface area contributed by atoms with E-state index in [0.29, 0.717) is 6.07 Å². The first-order valence-electron chi connectivity index (χ1n) is 5.51. The summed E-state index contributed by atoms with van der Waals surface area (Å²) in [6, 6.07) is 3.33. The van der Waals surface area contributed by atoms with Crippen molar-refractivity contribution in [2.45, 2.75) is 6.42 Å². The molecule has 0 atom stereocenters. The van der Waals surface area contributed by atoms with E-state index >= 15 is 0 Å². The highest BCUT2D eigenvalue weighted by Crippen LogP contribution is 2.39. The molecule has 1 N–H and O–H groups in total. The number of benzene rings is 1. The molecule has 0 saturated carbocycles. The minimum Gasteiger partial charge on any atom is -0.481 e. The van der Waals surface area contributed by atoms with Gasteiger partial charge in [0.1, 0.15) is 11.5 Å². The molecule has 21 heavy (non-hydrogen) atoms. The molecule has 0 radical (unpaired) electrons. The zero-order chi connectivity index (χ0) is 15.7. The lowest BCUT2D eigenvalue weighted by Crippen LogP contribution is -2.07. The molecule has 0 bridgehead atoms. The number of hydrogen-bond acceptors (Lipinski definition) is 2. The summed E-state index contributed by atoms with van der Waals surface area (Å²) in [6.45, 7) is 0. The molecular formula is C13H6Cl3F2NO2. The van der Waals surface area contributed by atoms with E-state index in [4.69, 9.17) is 39.9 Å². The average molecular weight is 353 g/mol. The number of aliphatic carboxylic acids is 1. The number of rotatable bonds is 3. The topological polar surface area (TPSA) is 50.2 Å². The van der Waals surface area contributed by atoms with Crippen molar-refractivity contribution in [2.24, 2.45) is 0 Å². The number of carbonyl (C=O) groups is 1. The van der Waals surface area contributed by atoms with Gasteiger partial charge in [-0.25, -0.2) is 13.8 Å². The number of halogens is 5. The van der Waals surface area contributed by atoms with E-state index in [-0.39, 0.29) is 26.3 Å². The SMILES string of the molecule is O=C(O)Cc1nc(-c2c(Cl)ccc(Cl)c2Cl)c(F)cc1F. The predicted octanol–water partition coefficient (Wildman–Crippen LogP) is 4.61. The van der Waals surface area contributed by atoms with Crippen molar-refractivity contribution in [2.75, 3.05) is 0 Å². The maximum atomic E-state index is 13.9. The second-order valence-electron chi connectivity index (χ2n) is 4.04. The predicted molar refractivity (Wildman–Crippen MR) is 76.0 cm³/mol. The molecule has 0 amide bonds. The van der Waals surface area contributed by atoms with Crippen LogP contribution in [0.5, 0.6) is 0 Å². The summed E-state index contributed by atoms with van der Waals surface area (Å²) >= 11 is 17.8. The van der Waals surface area contributed by atoms with Crippen molar-refractivity contribution in [3.05, 3.63) is 50.6 Å². The molecule has 1 heterocycles. The fraction of sp³-hybridized carbons (Fsp3) is 0.0769. The van der Waals surface area contributed by atoms with E-state index in [0.717, 1.165) is 0 Å². The molecule has 1 aromatic heterocycles. The highest BCUT2D eigenvalue weighted by molar-refractivity contribution is 6.46. The van der Waals surface area contributed by atoms with Gasteiger partial charge in [-0.15, -0.1) is 0 Å². The quantitative estimate of drug-likeness (QED) is 0.820. The number of hydrogen-bond donors (Lipinski definition) is 1. The Morgan fingerprint density at radius 1 is 1.14 bits per heavy atom. The van der Waals surface area contributed by atoms with Crippen LogP contribution in [-0.4, -0.2) is 16.1 Å². The summed E-state index contributed by atoms with van der Waals surface area (Å²) in [5, 5.41) is 8.82. The maximum Gasteiger partial charge on any atom is 0.309 e. The lowest BCUT2D eigenvalue weighted by atomic mass is 10.1. The molecule has 8 heteroatoms. The Hall–Kier alpha value is -1.43. The first kappa shape index (κ1) is 15.9. The summed E-state index contributed by atoms with van der Waals surface area (Å²) in [5.74, 6) is -3.39. The molecule has 0 saturated heterocycles. The summed E-state index contributed by atoms with van der Waals surface area (Å²) < 4.78 is 27.5. The van der Waals surface area contributed by atoms with Gasteiger partial charge in [0.05, 0.1) is 27.2 Å². The van der Waals surface area contributed by atoms with Crippen molar-refractivity contribution >= 4 is 40.8 Å². The Morgan fingerprint density at radius 2 is 1.76 bits per heavy atom. The Kier molecular flexibility index (Phi) is 4.66. The Morgan fingerprint density at radius 3 is 2.38 bits per heavy atom. The van der Waals surface area contributed by atoms with Crippen molar-refractivity contribution in [1.82, 2.24) is 4.98 Å². The van der Waals surface area contributed by atoms with Crippen molar-refractivity contribution in [1.29, 1.82) is 0 Å². The van der Waals surface area contributed by atoms with Gasteiger partial charge in [-0.3, -0.25) is 4.79 Å². The molecule has 110 valence electrons. The van der Waals surface area contributed by atoms with Crippen LogP contribution >= 0.6 is 34.8 Å². The van der Waals surface area contributed by atoms with E-state index in [1.807, 2.05) is 0 Å². The van der Waals surface area contributed by atoms with Gasteiger partial charge < -0.3 is 5.11 Å². The molecule has 0 aliphatic carbocycles. The van der Waals surface area contributed by atoms with E-state index in [1.165, 1.54) is 12.1 Å². The molecule has 0 fully saturated rings. The number of carboxylic acid groups (broad SMARTS) is 1. The Bertz CT molecular complexity index is 738. The zero-order valence-corrected chi connectivity index (χ0v) is 12.4. The molecule has 2 aromatic rings. The highest BCUT2D eigenvalue weighted by Gasteiger charge is 2.20. The summed E-state index contributed by atoms with van der Waals surface area (Å²) in [5.41, 5.74) is -0.800. The third-order valence-corrected chi connectivity index (χ3v) is 3.72. The van der Waals surface area contributed by atoms with Gasteiger partial charge in [-0.1, -0.05) is 34.8 Å². The van der Waals surface area contributed by atoms with Crippen LogP contribution in [0, 0.1) is 11.6 Å². The van der Waals surface area contributed by atoms with Gasteiger partial charge in [0, 0.05) is 11.6 Å². The largest absolute Gasteiger partial charge is 0.481 e. The monoisotopic (exact) mass is 351 g/mol. The van der Waals surface area contributed by atoms with Crippen LogP contribution < -0.4 is 0 Å². The molecule has 0 aliphatic heterocycles. The van der Waals surface area contributed by atoms with Crippen LogP contribution in [0.1, 0.15) is 5.69 Å². The summed E-state index contributed by atoms with van der Waals surface area (Å²) in [6.07, 6.45) is -0.699. The van der Waals surface area contributed by atoms with Crippen molar-refractivity contribution in [3.8, 4) is 11.3 Å². The number of carboxylic acids is 1. The highest BCUT2D eigenvalue weighted by atomic mass is 35.5. The molecule has 0 spiro atoms. The van der Waals surface area contributed by atoms with Crippen molar-refractivity contribution in [3.63, 3.8) is 0 Å². The summed E-state index contributed by atoms with van der Waals surface area (Å²) in [7, 11) is 0. The first-order valence-corrected chi connectivity index (χ1v) is 6.65. The lowest BCUT2D eigenvalue weighted by molar-refractivity contribution is -0.136. The van der Waals surface area contributed by atoms with Crippen LogP contribution in [0.15, 0.2) is 18.2 Å². The third kappa shape index (κ3) is 3.26. The van der Waals surface area contributed by atoms with Crippen LogP contribution in [0.3, 0.4) is 0 Å². The van der Waals surface area contributed by atoms with E-state index in [9.17, 15) is 13.6 Å². The van der Waals surface area contributed by atoms with Gasteiger partial charge in [0.2, 0.25) is 0 Å². The minimum atomic E-state index is -1.30. The minimum absolute atomic E-state index is 0.0185. The van der Waals surface area contributed by atoms with Gasteiger partial charge in [0.15, 0.2) is 5.82 Å². The van der Waals surface area contributed by atoms with E-state index in [2.05, 4.69) is 4.98 Å². The average Bonchev–Trinajstić information content (AvgIpc) is 2.39. The van der Waals surface area contributed by atoms with Gasteiger partial charge in [-0.2, -0.15) is 0 Å². The normalized spacial score (nSPS) is 10.7. The van der Waals surface area contributed by atoms with Gasteiger partial charge >= 0.3 is 5.97 Å². The van der Waals surface area contributed by atoms with Crippen LogP contribution in [0.4, 0.5) is 8.78 Å². The molecular weight excluding hydrogens is 347 g/mol. The second-order valence-corrected chi connectivity index (χ2v) is 5.23. The number of nitrogens with zero attached hydrogens (tertiary/aromatic N) is 1. The van der Waals surface area contributed by atoms with Crippen LogP contribution in [0.25, 0.3) is 11.3 Å². The van der Waals surface area contributed by atoms with Gasteiger partial charge in [0.25, 0.3) is 0 Å². The lowest BCUT2D eigenvalue weighted by Gasteiger charge is -2.11. The van der Waals surface area contributed by atoms with Crippen molar-refractivity contribution < 1.29 is 18.7 Å². The fourth-order valence-electron chi connectivity index (χ4n) is 1.69. The zero-order valence-electron chi connectivity index (χ0n) is 10.1. The fourth-order valence-corrected chi connectivity index (χ4v) is 2.40. The number of pyridine rings is 1. The molecule has 0 aliphatic rings. The number of aromatic nitrogens is 1. The Labute approximate surface area is 133 Å². The molecule has 0 unspecified atom stereocenters. The molecule has 1 aromatic carbocycles. The molecule has 2 rings (SSSR count). The third-order valence-electron chi connectivity index (χ3n) is 2.60. The Balaban J connectivity index is 2.70. The maximum absolute atomic E-state index is 13.9. The van der Waals surface area contributed by atoms with E-state index in [1.54, 1.807) is 0 Å².